The van der Waals surface area contributed by atoms with Crippen molar-refractivity contribution in [1.82, 2.24) is 15.5 Å². The maximum Gasteiger partial charge on any atom is 0.272 e. The molecule has 162 valence electrons. The van der Waals surface area contributed by atoms with E-state index in [1.807, 2.05) is 36.4 Å². The Kier molecular flexibility index (Phi) is 6.21. The summed E-state index contributed by atoms with van der Waals surface area (Å²) in [5, 5.41) is 13.6. The van der Waals surface area contributed by atoms with Gasteiger partial charge in [0, 0.05) is 49.2 Å². The topological polar surface area (TPSA) is 70.6 Å². The zero-order valence-corrected chi connectivity index (χ0v) is 18.3. The van der Waals surface area contributed by atoms with Crippen LogP contribution >= 0.6 is 0 Å². The van der Waals surface area contributed by atoms with Crippen molar-refractivity contribution in [2.24, 2.45) is 5.92 Å². The number of carbonyl (C=O) groups is 1. The van der Waals surface area contributed by atoms with Crippen molar-refractivity contribution in [3.8, 4) is 5.75 Å². The average molecular weight is 420 g/mol. The van der Waals surface area contributed by atoms with E-state index in [4.69, 9.17) is 4.74 Å². The molecule has 3 aromatic rings. The van der Waals surface area contributed by atoms with Gasteiger partial charge in [-0.15, -0.1) is 10.2 Å². The van der Waals surface area contributed by atoms with Crippen LogP contribution in [0, 0.1) is 5.92 Å². The minimum absolute atomic E-state index is 0.173. The number of piperazine rings is 1. The summed E-state index contributed by atoms with van der Waals surface area (Å²) in [6.07, 6.45) is 0. The minimum Gasteiger partial charge on any atom is -0.497 e. The van der Waals surface area contributed by atoms with Crippen molar-refractivity contribution in [2.45, 2.75) is 13.8 Å². The number of hydrogen-bond donors (Lipinski definition) is 1. The summed E-state index contributed by atoms with van der Waals surface area (Å²) in [5.74, 6) is 1.91. The van der Waals surface area contributed by atoms with Gasteiger partial charge in [0.05, 0.1) is 7.11 Å². The molecular weight excluding hydrogens is 390 g/mol. The first kappa shape index (κ1) is 20.9. The Labute approximate surface area is 183 Å². The van der Waals surface area contributed by atoms with Gasteiger partial charge in [0.25, 0.3) is 5.91 Å². The number of benzene rings is 2. The smallest absolute Gasteiger partial charge is 0.272 e. The largest absolute Gasteiger partial charge is 0.497 e. The summed E-state index contributed by atoms with van der Waals surface area (Å²) < 4.78 is 5.26. The Bertz CT molecular complexity index is 1040. The second-order valence-corrected chi connectivity index (χ2v) is 8.19. The lowest BCUT2D eigenvalue weighted by molar-refractivity contribution is 0.0945. The molecule has 0 saturated carbocycles. The quantitative estimate of drug-likeness (QED) is 0.661. The predicted molar refractivity (Wildman–Crippen MR) is 124 cm³/mol. The van der Waals surface area contributed by atoms with E-state index < -0.39 is 0 Å². The monoisotopic (exact) mass is 419 g/mol. The van der Waals surface area contributed by atoms with Crippen molar-refractivity contribution >= 4 is 28.2 Å². The Morgan fingerprint density at radius 2 is 1.61 bits per heavy atom. The number of nitrogens with zero attached hydrogens (tertiary/aromatic N) is 4. The number of fused-ring (bicyclic) bond motifs is 1. The molecule has 0 unspecified atom stereocenters. The Hall–Kier alpha value is -3.35. The predicted octanol–water partition coefficient (Wildman–Crippen LogP) is 3.35. The van der Waals surface area contributed by atoms with Crippen LogP contribution in [0.15, 0.2) is 48.5 Å². The van der Waals surface area contributed by atoms with Gasteiger partial charge >= 0.3 is 0 Å². The highest BCUT2D eigenvalue weighted by molar-refractivity contribution is 6.07. The fourth-order valence-electron chi connectivity index (χ4n) is 3.84. The standard InChI is InChI=1S/C24H29N5O2/c1-17(2)16-25-24(30)22-20-6-4-5-7-21(20)23(27-26-22)29-14-12-28(13-15-29)18-8-10-19(31-3)11-9-18/h4-11,17H,12-16H2,1-3H3,(H,25,30). The molecule has 1 aliphatic heterocycles. The molecule has 2 heterocycles. The van der Waals surface area contributed by atoms with Gasteiger partial charge in [0.2, 0.25) is 0 Å². The number of ether oxygens (including phenoxy) is 1. The molecule has 0 atom stereocenters. The van der Waals surface area contributed by atoms with E-state index in [0.717, 1.165) is 48.5 Å². The van der Waals surface area contributed by atoms with Crippen LogP contribution in [0.3, 0.4) is 0 Å². The zero-order valence-electron chi connectivity index (χ0n) is 18.3. The number of methoxy groups -OCH3 is 1. The highest BCUT2D eigenvalue weighted by atomic mass is 16.5. The van der Waals surface area contributed by atoms with Crippen molar-refractivity contribution in [3.05, 3.63) is 54.2 Å². The van der Waals surface area contributed by atoms with Gasteiger partial charge in [-0.05, 0) is 30.2 Å². The molecular formula is C24H29N5O2. The van der Waals surface area contributed by atoms with Crippen LogP contribution in [-0.4, -0.2) is 55.9 Å². The van der Waals surface area contributed by atoms with E-state index in [9.17, 15) is 4.79 Å². The van der Waals surface area contributed by atoms with Gasteiger partial charge in [-0.1, -0.05) is 38.1 Å². The summed E-state index contributed by atoms with van der Waals surface area (Å²) in [5.41, 5.74) is 1.57. The van der Waals surface area contributed by atoms with Gasteiger partial charge in [-0.3, -0.25) is 4.79 Å². The van der Waals surface area contributed by atoms with Crippen LogP contribution in [0.25, 0.3) is 10.8 Å². The van der Waals surface area contributed by atoms with Gasteiger partial charge in [-0.2, -0.15) is 0 Å². The van der Waals surface area contributed by atoms with Gasteiger partial charge in [0.1, 0.15) is 5.75 Å². The second-order valence-electron chi connectivity index (χ2n) is 8.19. The maximum atomic E-state index is 12.7. The van der Waals surface area contributed by atoms with Crippen LogP contribution in [0.1, 0.15) is 24.3 Å². The highest BCUT2D eigenvalue weighted by Crippen LogP contribution is 2.28. The third-order valence-electron chi connectivity index (χ3n) is 5.57. The van der Waals surface area contributed by atoms with Gasteiger partial charge in [0.15, 0.2) is 11.5 Å². The molecule has 0 spiro atoms. The molecule has 2 aromatic carbocycles. The van der Waals surface area contributed by atoms with E-state index in [1.165, 1.54) is 5.69 Å². The van der Waals surface area contributed by atoms with Crippen molar-refractivity contribution in [3.63, 3.8) is 0 Å². The normalized spacial score (nSPS) is 14.2. The van der Waals surface area contributed by atoms with E-state index in [2.05, 4.69) is 51.3 Å². The summed E-state index contributed by atoms with van der Waals surface area (Å²) in [6.45, 7) is 8.20. The molecule has 31 heavy (non-hydrogen) atoms. The molecule has 0 bridgehead atoms. The molecule has 1 aromatic heterocycles. The van der Waals surface area contributed by atoms with Crippen LogP contribution in [0.2, 0.25) is 0 Å². The Morgan fingerprint density at radius 1 is 0.968 bits per heavy atom. The van der Waals surface area contributed by atoms with Crippen molar-refractivity contribution < 1.29 is 9.53 Å². The van der Waals surface area contributed by atoms with Crippen molar-refractivity contribution in [2.75, 3.05) is 49.6 Å². The van der Waals surface area contributed by atoms with E-state index in [0.29, 0.717) is 18.2 Å². The van der Waals surface area contributed by atoms with Gasteiger partial charge < -0.3 is 19.9 Å². The number of anilines is 2. The van der Waals surface area contributed by atoms with Crippen LogP contribution in [0.5, 0.6) is 5.75 Å². The lowest BCUT2D eigenvalue weighted by atomic mass is 10.1. The number of carbonyl (C=O) groups excluding carboxylic acids is 1. The number of hydrogen-bond acceptors (Lipinski definition) is 6. The number of rotatable bonds is 6. The Morgan fingerprint density at radius 3 is 2.26 bits per heavy atom. The average Bonchev–Trinajstić information content (AvgIpc) is 2.82. The lowest BCUT2D eigenvalue weighted by Gasteiger charge is -2.37. The van der Waals surface area contributed by atoms with Gasteiger partial charge in [-0.25, -0.2) is 0 Å². The molecule has 1 saturated heterocycles. The van der Waals surface area contributed by atoms with E-state index >= 15 is 0 Å². The molecule has 7 heteroatoms. The van der Waals surface area contributed by atoms with E-state index in [-0.39, 0.29) is 5.91 Å². The van der Waals surface area contributed by atoms with Crippen LogP contribution in [0.4, 0.5) is 11.5 Å². The highest BCUT2D eigenvalue weighted by Gasteiger charge is 2.23. The third-order valence-corrected chi connectivity index (χ3v) is 5.57. The summed E-state index contributed by atoms with van der Waals surface area (Å²) >= 11 is 0. The first-order valence-electron chi connectivity index (χ1n) is 10.7. The summed E-state index contributed by atoms with van der Waals surface area (Å²) in [7, 11) is 1.68. The SMILES string of the molecule is COc1ccc(N2CCN(c3nnc(C(=O)NCC(C)C)c4ccccc34)CC2)cc1. The van der Waals surface area contributed by atoms with Crippen LogP contribution in [-0.2, 0) is 0 Å². The molecule has 7 nitrogen and oxygen atoms in total. The van der Waals surface area contributed by atoms with Crippen molar-refractivity contribution in [1.29, 1.82) is 0 Å². The fraction of sp³-hybridized carbons (Fsp3) is 0.375. The molecule has 1 N–H and O–H groups in total. The third kappa shape index (κ3) is 4.55. The van der Waals surface area contributed by atoms with E-state index in [1.54, 1.807) is 7.11 Å². The molecule has 0 aliphatic carbocycles. The van der Waals surface area contributed by atoms with Crippen LogP contribution < -0.4 is 19.9 Å². The molecule has 1 amide bonds. The summed E-state index contributed by atoms with van der Waals surface area (Å²) in [4.78, 5) is 17.3. The Balaban J connectivity index is 1.52. The molecule has 1 aliphatic rings. The zero-order chi connectivity index (χ0) is 21.8. The first-order chi connectivity index (χ1) is 15.1. The molecule has 0 radical (unpaired) electrons. The summed E-state index contributed by atoms with van der Waals surface area (Å²) in [6, 6.07) is 16.1. The molecule has 4 rings (SSSR count). The number of nitrogens with one attached hydrogen (secondary N) is 1. The first-order valence-corrected chi connectivity index (χ1v) is 10.7. The number of amides is 1. The minimum atomic E-state index is -0.173. The fourth-order valence-corrected chi connectivity index (χ4v) is 3.84. The second kappa shape index (κ2) is 9.20. The molecule has 1 fully saturated rings. The lowest BCUT2D eigenvalue weighted by Crippen LogP contribution is -2.47. The maximum absolute atomic E-state index is 12.7. The number of aromatic nitrogens is 2.